The summed E-state index contributed by atoms with van der Waals surface area (Å²) in [5.41, 5.74) is 2.65. The Morgan fingerprint density at radius 2 is 1.44 bits per heavy atom. The van der Waals surface area contributed by atoms with Crippen LogP contribution in [0.5, 0.6) is 11.5 Å². The quantitative estimate of drug-likeness (QED) is 0.195. The second-order valence-corrected chi connectivity index (χ2v) is 9.52. The van der Waals surface area contributed by atoms with Crippen LogP contribution in [0.2, 0.25) is 0 Å². The van der Waals surface area contributed by atoms with Gasteiger partial charge in [0.25, 0.3) is 0 Å². The summed E-state index contributed by atoms with van der Waals surface area (Å²) in [5, 5.41) is 0. The predicted octanol–water partition coefficient (Wildman–Crippen LogP) is 8.10. The highest BCUT2D eigenvalue weighted by Crippen LogP contribution is 2.30. The molecule has 190 valence electrons. The second-order valence-electron chi connectivity index (χ2n) is 9.52. The van der Waals surface area contributed by atoms with Crippen LogP contribution in [0.1, 0.15) is 89.7 Å². The van der Waals surface area contributed by atoms with Crippen molar-refractivity contribution >= 4 is 0 Å². The van der Waals surface area contributed by atoms with Gasteiger partial charge in [-0.25, -0.2) is 0 Å². The maximum absolute atomic E-state index is 6.21. The van der Waals surface area contributed by atoms with E-state index in [1.165, 1.54) is 82.0 Å². The van der Waals surface area contributed by atoms with E-state index in [2.05, 4.69) is 74.2 Å². The largest absolute Gasteiger partial charge is 0.493 e. The van der Waals surface area contributed by atoms with Crippen molar-refractivity contribution in [2.24, 2.45) is 0 Å². The zero-order chi connectivity index (χ0) is 24.4. The van der Waals surface area contributed by atoms with Crippen molar-refractivity contribution in [3.05, 3.63) is 59.7 Å². The maximum Gasteiger partial charge on any atom is 0.161 e. The van der Waals surface area contributed by atoms with E-state index in [1.807, 2.05) is 0 Å². The molecule has 0 aliphatic rings. The van der Waals surface area contributed by atoms with E-state index >= 15 is 0 Å². The Kier molecular flexibility index (Phi) is 14.5. The molecule has 2 rings (SSSR count). The maximum atomic E-state index is 6.21. The lowest BCUT2D eigenvalue weighted by Gasteiger charge is -2.32. The summed E-state index contributed by atoms with van der Waals surface area (Å²) in [6.07, 6.45) is 13.8. The molecule has 0 aliphatic carbocycles. The summed E-state index contributed by atoms with van der Waals surface area (Å²) in [4.78, 5) is 2.73. The molecule has 3 heteroatoms. The van der Waals surface area contributed by atoms with Crippen LogP contribution in [-0.4, -0.2) is 37.7 Å². The average Bonchev–Trinajstić information content (AvgIpc) is 2.86. The normalized spacial score (nSPS) is 12.1. The van der Waals surface area contributed by atoms with Gasteiger partial charge in [0.1, 0.15) is 0 Å². The van der Waals surface area contributed by atoms with Crippen LogP contribution in [0.15, 0.2) is 48.5 Å². The zero-order valence-corrected chi connectivity index (χ0v) is 22.4. The topological polar surface area (TPSA) is 21.7 Å². The first-order valence-corrected chi connectivity index (χ1v) is 13.8. The first-order valence-electron chi connectivity index (χ1n) is 13.8. The zero-order valence-electron chi connectivity index (χ0n) is 22.4. The van der Waals surface area contributed by atoms with Crippen LogP contribution >= 0.6 is 0 Å². The van der Waals surface area contributed by atoms with E-state index in [9.17, 15) is 0 Å². The predicted molar refractivity (Wildman–Crippen MR) is 146 cm³/mol. The van der Waals surface area contributed by atoms with Gasteiger partial charge in [0, 0.05) is 12.5 Å². The van der Waals surface area contributed by atoms with E-state index in [0.717, 1.165) is 24.3 Å². The summed E-state index contributed by atoms with van der Waals surface area (Å²) in [7, 11) is 1.73. The Bertz CT molecular complexity index is 755. The molecule has 0 heterocycles. The number of benzene rings is 2. The molecule has 0 radical (unpaired) electrons. The second kappa shape index (κ2) is 17.4. The first kappa shape index (κ1) is 28.2. The van der Waals surface area contributed by atoms with Crippen LogP contribution in [0, 0.1) is 0 Å². The van der Waals surface area contributed by atoms with Gasteiger partial charge in [0.05, 0.1) is 13.7 Å². The summed E-state index contributed by atoms with van der Waals surface area (Å²) >= 11 is 0. The Labute approximate surface area is 209 Å². The fourth-order valence-electron chi connectivity index (χ4n) is 4.78. The number of methoxy groups -OCH3 is 1. The molecule has 0 amide bonds. The molecular weight excluding hydrogens is 418 g/mol. The van der Waals surface area contributed by atoms with E-state index in [1.54, 1.807) is 7.11 Å². The number of ether oxygens (including phenoxy) is 2. The van der Waals surface area contributed by atoms with Gasteiger partial charge in [-0.1, -0.05) is 95.7 Å². The summed E-state index contributed by atoms with van der Waals surface area (Å²) in [5.74, 6) is 1.69. The third-order valence-corrected chi connectivity index (χ3v) is 6.62. The molecule has 0 saturated carbocycles. The Morgan fingerprint density at radius 1 is 0.735 bits per heavy atom. The van der Waals surface area contributed by atoms with Crippen molar-refractivity contribution in [1.82, 2.24) is 4.90 Å². The summed E-state index contributed by atoms with van der Waals surface area (Å²) in [6, 6.07) is 17.6. The Morgan fingerprint density at radius 3 is 2.12 bits per heavy atom. The van der Waals surface area contributed by atoms with Gasteiger partial charge in [-0.2, -0.15) is 0 Å². The third kappa shape index (κ3) is 10.5. The van der Waals surface area contributed by atoms with Gasteiger partial charge in [-0.3, -0.25) is 0 Å². The van der Waals surface area contributed by atoms with Gasteiger partial charge < -0.3 is 14.4 Å². The van der Waals surface area contributed by atoms with Crippen LogP contribution < -0.4 is 9.47 Å². The van der Waals surface area contributed by atoms with Crippen LogP contribution in [-0.2, 0) is 12.8 Å². The molecule has 0 bridgehead atoms. The van der Waals surface area contributed by atoms with Crippen molar-refractivity contribution in [3.8, 4) is 11.5 Å². The Hall–Kier alpha value is -2.00. The molecule has 0 aromatic heterocycles. The summed E-state index contributed by atoms with van der Waals surface area (Å²) in [6.45, 7) is 9.92. The van der Waals surface area contributed by atoms with Gasteiger partial charge in [0.2, 0.25) is 0 Å². The number of hydrogen-bond acceptors (Lipinski definition) is 3. The van der Waals surface area contributed by atoms with E-state index < -0.39 is 0 Å². The molecule has 0 N–H and O–H groups in total. The van der Waals surface area contributed by atoms with Gasteiger partial charge in [-0.05, 0) is 62.0 Å². The molecule has 0 saturated heterocycles. The number of rotatable bonds is 19. The van der Waals surface area contributed by atoms with E-state index in [0.29, 0.717) is 12.6 Å². The third-order valence-electron chi connectivity index (χ3n) is 6.62. The molecular formula is C31H49NO2. The van der Waals surface area contributed by atoms with Crippen molar-refractivity contribution in [1.29, 1.82) is 0 Å². The number of unbranched alkanes of at least 4 members (excludes halogenated alkanes) is 5. The molecule has 2 aromatic rings. The van der Waals surface area contributed by atoms with Crippen LogP contribution in [0.3, 0.4) is 0 Å². The lowest BCUT2D eigenvalue weighted by atomic mass is 9.97. The van der Waals surface area contributed by atoms with Crippen LogP contribution in [0.25, 0.3) is 0 Å². The fraction of sp³-hybridized carbons (Fsp3) is 0.613. The minimum absolute atomic E-state index is 0.594. The van der Waals surface area contributed by atoms with Crippen molar-refractivity contribution in [2.75, 3.05) is 26.8 Å². The highest BCUT2D eigenvalue weighted by molar-refractivity contribution is 5.43. The van der Waals surface area contributed by atoms with Crippen molar-refractivity contribution < 1.29 is 9.47 Å². The van der Waals surface area contributed by atoms with Gasteiger partial charge >= 0.3 is 0 Å². The standard InChI is InChI=1S/C31H49NO2/c1-5-8-9-10-11-15-18-29(32(22-6-2)23-7-3)25-28-19-20-30(33-4)31(26-28)34-24-21-27-16-13-12-14-17-27/h12-14,16-17,19-20,26,29H,5-11,15,18,21-25H2,1-4H3/t29-/m0/s1. The molecule has 0 aliphatic heterocycles. The lowest BCUT2D eigenvalue weighted by Crippen LogP contribution is -2.38. The van der Waals surface area contributed by atoms with Gasteiger partial charge in [-0.15, -0.1) is 0 Å². The number of nitrogens with zero attached hydrogens (tertiary/aromatic N) is 1. The lowest BCUT2D eigenvalue weighted by molar-refractivity contribution is 0.181. The smallest absolute Gasteiger partial charge is 0.161 e. The highest BCUT2D eigenvalue weighted by Gasteiger charge is 2.19. The molecule has 0 spiro atoms. The van der Waals surface area contributed by atoms with Crippen molar-refractivity contribution in [2.45, 2.75) is 97.4 Å². The monoisotopic (exact) mass is 467 g/mol. The molecule has 3 nitrogen and oxygen atoms in total. The molecule has 1 atom stereocenters. The number of hydrogen-bond donors (Lipinski definition) is 0. The van der Waals surface area contributed by atoms with Gasteiger partial charge in [0.15, 0.2) is 11.5 Å². The minimum Gasteiger partial charge on any atom is -0.493 e. The Balaban J connectivity index is 2.04. The molecule has 0 fully saturated rings. The SMILES string of the molecule is CCCCCCCC[C@@H](Cc1ccc(OC)c(OCCc2ccccc2)c1)N(CCC)CCC. The molecule has 0 unspecified atom stereocenters. The first-order chi connectivity index (χ1) is 16.7. The fourth-order valence-corrected chi connectivity index (χ4v) is 4.78. The molecule has 2 aromatic carbocycles. The van der Waals surface area contributed by atoms with E-state index in [-0.39, 0.29) is 0 Å². The minimum atomic E-state index is 0.594. The summed E-state index contributed by atoms with van der Waals surface area (Å²) < 4.78 is 11.8. The van der Waals surface area contributed by atoms with Crippen LogP contribution in [0.4, 0.5) is 0 Å². The molecule has 34 heavy (non-hydrogen) atoms. The average molecular weight is 468 g/mol. The highest BCUT2D eigenvalue weighted by atomic mass is 16.5. The van der Waals surface area contributed by atoms with E-state index in [4.69, 9.17) is 9.47 Å². The van der Waals surface area contributed by atoms with Crippen molar-refractivity contribution in [3.63, 3.8) is 0 Å².